The Morgan fingerprint density at radius 3 is 2.68 bits per heavy atom. The zero-order valence-corrected chi connectivity index (χ0v) is 11.8. The quantitative estimate of drug-likeness (QED) is 0.893. The molecule has 1 aliphatic carbocycles. The number of rotatable bonds is 3. The van der Waals surface area contributed by atoms with Crippen molar-refractivity contribution in [1.82, 2.24) is 10.3 Å². The van der Waals surface area contributed by atoms with E-state index in [9.17, 15) is 0 Å². The zero-order chi connectivity index (χ0) is 13.3. The van der Waals surface area contributed by atoms with E-state index < -0.39 is 0 Å². The van der Waals surface area contributed by atoms with Crippen LogP contribution in [0, 0.1) is 5.41 Å². The molecule has 0 saturated heterocycles. The fourth-order valence-corrected chi connectivity index (χ4v) is 3.63. The van der Waals surface area contributed by atoms with Crippen molar-refractivity contribution in [3.8, 4) is 0 Å². The summed E-state index contributed by atoms with van der Waals surface area (Å²) in [5, 5.41) is 4.76. The number of para-hydroxylation sites is 1. The monoisotopic (exact) mass is 254 g/mol. The van der Waals surface area contributed by atoms with Crippen molar-refractivity contribution in [3.05, 3.63) is 42.1 Å². The number of pyridine rings is 1. The van der Waals surface area contributed by atoms with E-state index in [1.165, 1.54) is 36.6 Å². The molecule has 1 aromatic heterocycles. The average Bonchev–Trinajstić information content (AvgIpc) is 2.87. The molecule has 1 aromatic carbocycles. The topological polar surface area (TPSA) is 24.9 Å². The Bertz CT molecular complexity index is 570. The Balaban J connectivity index is 2.01. The summed E-state index contributed by atoms with van der Waals surface area (Å²) in [6, 6.07) is 11.1. The average molecular weight is 254 g/mol. The predicted octanol–water partition coefficient (Wildman–Crippen LogP) is 4.08. The second-order valence-electron chi connectivity index (χ2n) is 6.04. The van der Waals surface area contributed by atoms with Gasteiger partial charge in [0.1, 0.15) is 0 Å². The molecule has 2 heteroatoms. The summed E-state index contributed by atoms with van der Waals surface area (Å²) >= 11 is 0. The normalized spacial score (nSPS) is 19.7. The van der Waals surface area contributed by atoms with E-state index in [2.05, 4.69) is 48.5 Å². The minimum atomic E-state index is 0.374. The first-order valence-corrected chi connectivity index (χ1v) is 7.25. The molecular weight excluding hydrogens is 232 g/mol. The molecule has 0 amide bonds. The molecule has 0 radical (unpaired) electrons. The highest BCUT2D eigenvalue weighted by molar-refractivity contribution is 5.78. The number of nitrogens with one attached hydrogen (secondary N) is 1. The van der Waals surface area contributed by atoms with Crippen molar-refractivity contribution in [1.29, 1.82) is 0 Å². The van der Waals surface area contributed by atoms with Gasteiger partial charge in [0, 0.05) is 17.6 Å². The van der Waals surface area contributed by atoms with E-state index in [0.29, 0.717) is 11.5 Å². The Labute approximate surface area is 115 Å². The van der Waals surface area contributed by atoms with Crippen LogP contribution in [0.25, 0.3) is 10.9 Å². The zero-order valence-electron chi connectivity index (χ0n) is 11.8. The molecule has 19 heavy (non-hydrogen) atoms. The van der Waals surface area contributed by atoms with Crippen LogP contribution in [-0.4, -0.2) is 12.0 Å². The van der Waals surface area contributed by atoms with Gasteiger partial charge >= 0.3 is 0 Å². The summed E-state index contributed by atoms with van der Waals surface area (Å²) in [6.07, 6.45) is 7.38. The predicted molar refractivity (Wildman–Crippen MR) is 80.1 cm³/mol. The number of nitrogens with zero attached hydrogens (tertiary/aromatic N) is 1. The lowest BCUT2D eigenvalue weighted by atomic mass is 9.77. The molecule has 2 aromatic rings. The lowest BCUT2D eigenvalue weighted by molar-refractivity contribution is 0.233. The minimum Gasteiger partial charge on any atom is -0.312 e. The van der Waals surface area contributed by atoms with Gasteiger partial charge in [-0.1, -0.05) is 38.0 Å². The van der Waals surface area contributed by atoms with E-state index in [-0.39, 0.29) is 0 Å². The minimum absolute atomic E-state index is 0.374. The summed E-state index contributed by atoms with van der Waals surface area (Å²) in [7, 11) is 2.07. The molecule has 1 N–H and O–H groups in total. The summed E-state index contributed by atoms with van der Waals surface area (Å²) in [4.78, 5) is 4.61. The summed E-state index contributed by atoms with van der Waals surface area (Å²) in [6.45, 7) is 2.41. The van der Waals surface area contributed by atoms with Gasteiger partial charge in [0.2, 0.25) is 0 Å². The Kier molecular flexibility index (Phi) is 3.28. The first kappa shape index (κ1) is 12.6. The number of benzene rings is 1. The number of hydrogen-bond donors (Lipinski definition) is 1. The molecule has 0 bridgehead atoms. The molecule has 1 fully saturated rings. The highest BCUT2D eigenvalue weighted by Gasteiger charge is 2.37. The van der Waals surface area contributed by atoms with Crippen molar-refractivity contribution < 1.29 is 0 Å². The first-order chi connectivity index (χ1) is 9.23. The molecule has 1 heterocycles. The molecule has 1 unspecified atom stereocenters. The van der Waals surface area contributed by atoms with Gasteiger partial charge in [0.15, 0.2) is 0 Å². The fraction of sp³-hybridized carbons (Fsp3) is 0.471. The Hall–Kier alpha value is -1.41. The van der Waals surface area contributed by atoms with Gasteiger partial charge in [-0.3, -0.25) is 4.98 Å². The lowest BCUT2D eigenvalue weighted by Gasteiger charge is -2.34. The largest absolute Gasteiger partial charge is 0.312 e. The molecule has 0 spiro atoms. The second-order valence-corrected chi connectivity index (χ2v) is 6.04. The van der Waals surface area contributed by atoms with E-state index in [1.54, 1.807) is 0 Å². The third kappa shape index (κ3) is 2.25. The maximum Gasteiger partial charge on any atom is 0.0702 e. The van der Waals surface area contributed by atoms with Gasteiger partial charge in [-0.15, -0.1) is 0 Å². The second kappa shape index (κ2) is 4.93. The first-order valence-electron chi connectivity index (χ1n) is 7.25. The number of aromatic nitrogens is 1. The summed E-state index contributed by atoms with van der Waals surface area (Å²) < 4.78 is 0. The van der Waals surface area contributed by atoms with Crippen LogP contribution in [0.15, 0.2) is 36.5 Å². The highest BCUT2D eigenvalue weighted by Crippen LogP contribution is 2.47. The van der Waals surface area contributed by atoms with Crippen LogP contribution in [0.2, 0.25) is 0 Å². The van der Waals surface area contributed by atoms with E-state index >= 15 is 0 Å². The van der Waals surface area contributed by atoms with E-state index in [4.69, 9.17) is 0 Å². The van der Waals surface area contributed by atoms with Crippen molar-refractivity contribution in [2.24, 2.45) is 5.41 Å². The van der Waals surface area contributed by atoms with Crippen molar-refractivity contribution in [3.63, 3.8) is 0 Å². The lowest BCUT2D eigenvalue weighted by Crippen LogP contribution is -2.32. The third-order valence-electron chi connectivity index (χ3n) is 4.68. The van der Waals surface area contributed by atoms with Crippen LogP contribution in [-0.2, 0) is 0 Å². The molecule has 100 valence electrons. The van der Waals surface area contributed by atoms with Crippen LogP contribution in [0.1, 0.15) is 44.2 Å². The van der Waals surface area contributed by atoms with Crippen LogP contribution >= 0.6 is 0 Å². The highest BCUT2D eigenvalue weighted by atomic mass is 14.9. The van der Waals surface area contributed by atoms with Gasteiger partial charge in [0.05, 0.1) is 5.52 Å². The maximum atomic E-state index is 4.61. The number of hydrogen-bond acceptors (Lipinski definition) is 2. The van der Waals surface area contributed by atoms with Crippen molar-refractivity contribution in [2.75, 3.05) is 7.05 Å². The van der Waals surface area contributed by atoms with Crippen molar-refractivity contribution >= 4 is 10.9 Å². The summed E-state index contributed by atoms with van der Waals surface area (Å²) in [5.41, 5.74) is 2.78. The van der Waals surface area contributed by atoms with Crippen molar-refractivity contribution in [2.45, 2.75) is 38.6 Å². The SMILES string of the molecule is CNC(c1cnc2ccccc2c1)C1(C)CCCC1. The smallest absolute Gasteiger partial charge is 0.0702 e. The van der Waals surface area contributed by atoms with Gasteiger partial charge < -0.3 is 5.32 Å². The van der Waals surface area contributed by atoms with Crippen LogP contribution in [0.3, 0.4) is 0 Å². The van der Waals surface area contributed by atoms with Crippen LogP contribution < -0.4 is 5.32 Å². The Morgan fingerprint density at radius 1 is 1.21 bits per heavy atom. The number of fused-ring (bicyclic) bond motifs is 1. The molecule has 1 aliphatic rings. The molecule has 1 atom stereocenters. The Morgan fingerprint density at radius 2 is 1.95 bits per heavy atom. The molecule has 2 nitrogen and oxygen atoms in total. The molecule has 3 rings (SSSR count). The van der Waals surface area contributed by atoms with Gasteiger partial charge in [-0.2, -0.15) is 0 Å². The molecule has 1 saturated carbocycles. The maximum absolute atomic E-state index is 4.61. The van der Waals surface area contributed by atoms with E-state index in [0.717, 1.165) is 5.52 Å². The standard InChI is InChI=1S/C17H22N2/c1-17(9-5-6-10-17)16(18-2)14-11-13-7-3-4-8-15(13)19-12-14/h3-4,7-8,11-12,16,18H,5-6,9-10H2,1-2H3. The van der Waals surface area contributed by atoms with Gasteiger partial charge in [-0.05, 0) is 43.0 Å². The molecular formula is C17H22N2. The fourth-order valence-electron chi connectivity index (χ4n) is 3.63. The van der Waals surface area contributed by atoms with Gasteiger partial charge in [-0.25, -0.2) is 0 Å². The van der Waals surface area contributed by atoms with Crippen LogP contribution in [0.4, 0.5) is 0 Å². The summed E-state index contributed by atoms with van der Waals surface area (Å²) in [5.74, 6) is 0. The van der Waals surface area contributed by atoms with E-state index in [1.807, 2.05) is 12.3 Å². The van der Waals surface area contributed by atoms with Crippen LogP contribution in [0.5, 0.6) is 0 Å². The third-order valence-corrected chi connectivity index (χ3v) is 4.68. The molecule has 0 aliphatic heterocycles. The van der Waals surface area contributed by atoms with Gasteiger partial charge in [0.25, 0.3) is 0 Å².